The van der Waals surface area contributed by atoms with Crippen LogP contribution in [0.3, 0.4) is 0 Å². The van der Waals surface area contributed by atoms with Crippen LogP contribution in [0.15, 0.2) is 23.0 Å². The molecular weight excluding hydrogens is 254 g/mol. The van der Waals surface area contributed by atoms with Crippen molar-refractivity contribution in [3.8, 4) is 11.9 Å². The predicted molar refractivity (Wildman–Crippen MR) is 67.4 cm³/mol. The molecule has 0 aromatic carbocycles. The molecule has 0 aliphatic rings. The first-order valence-corrected chi connectivity index (χ1v) is 5.97. The van der Waals surface area contributed by atoms with Crippen molar-refractivity contribution in [2.75, 3.05) is 19.5 Å². The first-order valence-electron chi connectivity index (χ1n) is 5.03. The summed E-state index contributed by atoms with van der Waals surface area (Å²) in [5, 5.41) is 6.26. The van der Waals surface area contributed by atoms with Gasteiger partial charge in [-0.15, -0.1) is 0 Å². The van der Waals surface area contributed by atoms with Gasteiger partial charge < -0.3 is 14.8 Å². The molecule has 0 radical (unpaired) electrons. The quantitative estimate of drug-likeness (QED) is 0.912. The summed E-state index contributed by atoms with van der Waals surface area (Å²) in [6.07, 6.45) is 1.44. The monoisotopic (exact) mass is 265 g/mol. The minimum Gasteiger partial charge on any atom is -0.479 e. The molecule has 0 atom stereocenters. The van der Waals surface area contributed by atoms with E-state index in [9.17, 15) is 4.79 Å². The first kappa shape index (κ1) is 12.3. The summed E-state index contributed by atoms with van der Waals surface area (Å²) in [4.78, 5) is 19.7. The van der Waals surface area contributed by atoms with Crippen molar-refractivity contribution >= 4 is 22.9 Å². The number of hydrogen-bond acceptors (Lipinski definition) is 6. The van der Waals surface area contributed by atoms with E-state index >= 15 is 0 Å². The van der Waals surface area contributed by atoms with E-state index < -0.39 is 0 Å². The highest BCUT2D eigenvalue weighted by Crippen LogP contribution is 2.23. The molecule has 2 aromatic rings. The van der Waals surface area contributed by atoms with Crippen molar-refractivity contribution in [2.24, 2.45) is 0 Å². The Hall–Kier alpha value is -2.15. The van der Waals surface area contributed by atoms with Gasteiger partial charge in [0, 0.05) is 5.38 Å². The number of methoxy groups -OCH3 is 2. The van der Waals surface area contributed by atoms with Crippen LogP contribution in [0.1, 0.15) is 10.4 Å². The first-order chi connectivity index (χ1) is 8.74. The third-order valence-corrected chi connectivity index (χ3v) is 2.82. The number of aromatic nitrogens is 2. The topological polar surface area (TPSA) is 73.3 Å². The zero-order chi connectivity index (χ0) is 13.0. The van der Waals surface area contributed by atoms with Gasteiger partial charge in [0.1, 0.15) is 5.69 Å². The Morgan fingerprint density at radius 2 is 2.22 bits per heavy atom. The highest BCUT2D eigenvalue weighted by Gasteiger charge is 2.12. The highest BCUT2D eigenvalue weighted by atomic mass is 32.1. The Morgan fingerprint density at radius 1 is 1.39 bits per heavy atom. The summed E-state index contributed by atoms with van der Waals surface area (Å²) in [6.45, 7) is 0. The van der Waals surface area contributed by atoms with Crippen molar-refractivity contribution in [1.29, 1.82) is 0 Å². The molecule has 2 aromatic heterocycles. The number of nitrogens with zero attached hydrogens (tertiary/aromatic N) is 2. The Morgan fingerprint density at radius 3 is 2.83 bits per heavy atom. The standard InChI is InChI=1S/C11H11N3O3S/c1-16-10-8(5-12-11(14-10)17-2)13-9(15)7-3-4-18-6-7/h3-6H,1-2H3,(H,13,15). The maximum Gasteiger partial charge on any atom is 0.319 e. The number of carbonyl (C=O) groups is 1. The van der Waals surface area contributed by atoms with Crippen LogP contribution in [0.5, 0.6) is 11.9 Å². The van der Waals surface area contributed by atoms with Crippen molar-refractivity contribution < 1.29 is 14.3 Å². The van der Waals surface area contributed by atoms with Gasteiger partial charge in [-0.1, -0.05) is 0 Å². The lowest BCUT2D eigenvalue weighted by Gasteiger charge is -2.08. The second-order valence-electron chi connectivity index (χ2n) is 3.25. The van der Waals surface area contributed by atoms with Gasteiger partial charge in [0.2, 0.25) is 5.88 Å². The molecule has 18 heavy (non-hydrogen) atoms. The van der Waals surface area contributed by atoms with E-state index in [4.69, 9.17) is 9.47 Å². The summed E-state index contributed by atoms with van der Waals surface area (Å²) in [5.74, 6) is 0.0220. The van der Waals surface area contributed by atoms with E-state index in [0.29, 0.717) is 11.3 Å². The molecule has 1 N–H and O–H groups in total. The second kappa shape index (κ2) is 5.46. The number of hydrogen-bond donors (Lipinski definition) is 1. The van der Waals surface area contributed by atoms with Crippen molar-refractivity contribution in [3.63, 3.8) is 0 Å². The molecule has 2 rings (SSSR count). The van der Waals surface area contributed by atoms with Gasteiger partial charge in [0.05, 0.1) is 26.0 Å². The van der Waals surface area contributed by atoms with Crippen LogP contribution in [0.4, 0.5) is 5.69 Å². The third kappa shape index (κ3) is 2.57. The van der Waals surface area contributed by atoms with Crippen LogP contribution < -0.4 is 14.8 Å². The Kier molecular flexibility index (Phi) is 3.73. The second-order valence-corrected chi connectivity index (χ2v) is 4.03. The molecule has 0 unspecified atom stereocenters. The van der Waals surface area contributed by atoms with Crippen LogP contribution >= 0.6 is 11.3 Å². The Labute approximate surface area is 108 Å². The smallest absolute Gasteiger partial charge is 0.319 e. The van der Waals surface area contributed by atoms with Crippen LogP contribution in [0.2, 0.25) is 0 Å². The minimum atomic E-state index is -0.233. The molecule has 0 fully saturated rings. The van der Waals surface area contributed by atoms with Gasteiger partial charge in [-0.3, -0.25) is 4.79 Å². The molecule has 0 saturated heterocycles. The van der Waals surface area contributed by atoms with E-state index in [2.05, 4.69) is 15.3 Å². The molecular formula is C11H11N3O3S. The fourth-order valence-electron chi connectivity index (χ4n) is 1.28. The minimum absolute atomic E-state index is 0.181. The van der Waals surface area contributed by atoms with Gasteiger partial charge >= 0.3 is 6.01 Å². The lowest BCUT2D eigenvalue weighted by atomic mass is 10.3. The summed E-state index contributed by atoms with van der Waals surface area (Å²) in [6, 6.07) is 1.91. The fraction of sp³-hybridized carbons (Fsp3) is 0.182. The lowest BCUT2D eigenvalue weighted by molar-refractivity contribution is 0.102. The molecule has 0 spiro atoms. The molecule has 2 heterocycles. The van der Waals surface area contributed by atoms with Crippen molar-refractivity contribution in [1.82, 2.24) is 9.97 Å². The van der Waals surface area contributed by atoms with Gasteiger partial charge in [-0.2, -0.15) is 16.3 Å². The van der Waals surface area contributed by atoms with Gasteiger partial charge in [0.15, 0.2) is 0 Å². The number of carbonyl (C=O) groups excluding carboxylic acids is 1. The number of amides is 1. The number of anilines is 1. The molecule has 7 heteroatoms. The third-order valence-electron chi connectivity index (χ3n) is 2.14. The lowest BCUT2D eigenvalue weighted by Crippen LogP contribution is -2.12. The largest absolute Gasteiger partial charge is 0.479 e. The van der Waals surface area contributed by atoms with Gasteiger partial charge in [-0.05, 0) is 11.4 Å². The molecule has 1 amide bonds. The van der Waals surface area contributed by atoms with E-state index in [1.165, 1.54) is 31.8 Å². The van der Waals surface area contributed by atoms with Crippen LogP contribution in [-0.2, 0) is 0 Å². The van der Waals surface area contributed by atoms with E-state index in [1.54, 1.807) is 11.4 Å². The highest BCUT2D eigenvalue weighted by molar-refractivity contribution is 7.08. The van der Waals surface area contributed by atoms with Crippen LogP contribution in [-0.4, -0.2) is 30.1 Å². The Balaban J connectivity index is 2.21. The molecule has 0 saturated carbocycles. The van der Waals surface area contributed by atoms with E-state index in [-0.39, 0.29) is 17.8 Å². The predicted octanol–water partition coefficient (Wildman–Crippen LogP) is 1.81. The number of ether oxygens (including phenoxy) is 2. The maximum absolute atomic E-state index is 11.9. The SMILES string of the molecule is COc1ncc(NC(=O)c2ccsc2)c(OC)n1. The normalized spacial score (nSPS) is 9.89. The number of nitrogens with one attached hydrogen (secondary N) is 1. The van der Waals surface area contributed by atoms with Gasteiger partial charge in [0.25, 0.3) is 5.91 Å². The molecule has 94 valence electrons. The van der Waals surface area contributed by atoms with Crippen molar-refractivity contribution in [2.45, 2.75) is 0 Å². The van der Waals surface area contributed by atoms with Crippen LogP contribution in [0, 0.1) is 0 Å². The zero-order valence-corrected chi connectivity index (χ0v) is 10.7. The Bertz CT molecular complexity index is 542. The molecule has 0 aliphatic carbocycles. The zero-order valence-electron chi connectivity index (χ0n) is 9.84. The molecule has 6 nitrogen and oxygen atoms in total. The summed E-state index contributed by atoms with van der Waals surface area (Å²) >= 11 is 1.45. The van der Waals surface area contributed by atoms with Crippen molar-refractivity contribution in [3.05, 3.63) is 28.6 Å². The van der Waals surface area contributed by atoms with E-state index in [0.717, 1.165) is 0 Å². The van der Waals surface area contributed by atoms with Gasteiger partial charge in [-0.25, -0.2) is 4.98 Å². The van der Waals surface area contributed by atoms with Crippen LogP contribution in [0.25, 0.3) is 0 Å². The summed E-state index contributed by atoms with van der Waals surface area (Å²) < 4.78 is 9.94. The number of rotatable bonds is 4. The average Bonchev–Trinajstić information content (AvgIpc) is 2.93. The van der Waals surface area contributed by atoms with E-state index in [1.807, 2.05) is 5.38 Å². The number of thiophene rings is 1. The average molecular weight is 265 g/mol. The summed E-state index contributed by atoms with van der Waals surface area (Å²) in [5.41, 5.74) is 0.979. The molecule has 0 bridgehead atoms. The fourth-order valence-corrected chi connectivity index (χ4v) is 1.91. The molecule has 0 aliphatic heterocycles. The summed E-state index contributed by atoms with van der Waals surface area (Å²) in [7, 11) is 2.92. The maximum atomic E-state index is 11.9.